The van der Waals surface area contributed by atoms with Crippen LogP contribution >= 0.6 is 0 Å². The smallest absolute Gasteiger partial charge is 0.322 e. The summed E-state index contributed by atoms with van der Waals surface area (Å²) >= 11 is 0. The van der Waals surface area contributed by atoms with Gasteiger partial charge in [0.05, 0.1) is 11.0 Å². The Hall–Kier alpha value is -1.44. The number of β-amino-alcohol motifs (C(OH)–C–C–N with tert-alkyl or cyclic N) is 1. The first-order chi connectivity index (χ1) is 9.73. The third-order valence-electron chi connectivity index (χ3n) is 3.67. The van der Waals surface area contributed by atoms with E-state index in [1.54, 1.807) is 12.1 Å². The lowest BCUT2D eigenvalue weighted by Gasteiger charge is -2.21. The second-order valence-corrected chi connectivity index (χ2v) is 7.43. The molecule has 0 unspecified atom stereocenters. The van der Waals surface area contributed by atoms with Gasteiger partial charge in [-0.25, -0.2) is 8.42 Å². The normalized spacial score (nSPS) is 23.6. The van der Waals surface area contributed by atoms with Gasteiger partial charge in [-0.2, -0.15) is 4.31 Å². The van der Waals surface area contributed by atoms with E-state index in [0.717, 1.165) is 9.87 Å². The molecule has 1 aromatic carbocycles. The number of rotatable bonds is 4. The third kappa shape index (κ3) is 3.09. The minimum atomic E-state index is -3.92. The zero-order chi connectivity index (χ0) is 15.8. The molecule has 0 spiro atoms. The first-order valence-corrected chi connectivity index (χ1v) is 8.20. The Morgan fingerprint density at radius 1 is 1.29 bits per heavy atom. The summed E-state index contributed by atoms with van der Waals surface area (Å²) in [4.78, 5) is 11.2. The number of hydrogen-bond donors (Lipinski definition) is 2. The number of aliphatic hydroxyl groups excluding tert-OH is 1. The number of aliphatic hydroxyl groups is 1. The average Bonchev–Trinajstić information content (AvgIpc) is 2.82. The van der Waals surface area contributed by atoms with Crippen LogP contribution in [-0.2, 0) is 14.8 Å². The summed E-state index contributed by atoms with van der Waals surface area (Å²) in [6.45, 7) is 3.81. The molecule has 2 rings (SSSR count). The van der Waals surface area contributed by atoms with E-state index in [4.69, 9.17) is 5.11 Å². The fraction of sp³-hybridized carbons (Fsp3) is 0.500. The van der Waals surface area contributed by atoms with Crippen molar-refractivity contribution in [1.82, 2.24) is 4.31 Å². The van der Waals surface area contributed by atoms with Crippen molar-refractivity contribution >= 4 is 16.0 Å². The summed E-state index contributed by atoms with van der Waals surface area (Å²) in [5.74, 6) is -0.962. The molecule has 1 aliphatic rings. The molecule has 0 radical (unpaired) electrons. The second kappa shape index (κ2) is 5.75. The summed E-state index contributed by atoms with van der Waals surface area (Å²) in [5, 5.41) is 18.7. The molecule has 21 heavy (non-hydrogen) atoms. The molecule has 0 bridgehead atoms. The van der Waals surface area contributed by atoms with Crippen molar-refractivity contribution < 1.29 is 23.4 Å². The van der Waals surface area contributed by atoms with Crippen LogP contribution < -0.4 is 0 Å². The second-order valence-electron chi connectivity index (χ2n) is 5.54. The van der Waals surface area contributed by atoms with Crippen LogP contribution in [-0.4, -0.2) is 47.6 Å². The number of carboxylic acid groups (broad SMARTS) is 1. The fourth-order valence-corrected chi connectivity index (χ4v) is 4.06. The molecule has 7 heteroatoms. The van der Waals surface area contributed by atoms with Gasteiger partial charge in [0.1, 0.15) is 6.04 Å². The van der Waals surface area contributed by atoms with Crippen LogP contribution in [0.15, 0.2) is 29.2 Å². The maximum atomic E-state index is 12.5. The van der Waals surface area contributed by atoms with Crippen molar-refractivity contribution in [3.63, 3.8) is 0 Å². The molecule has 1 saturated heterocycles. The highest BCUT2D eigenvalue weighted by Crippen LogP contribution is 2.27. The van der Waals surface area contributed by atoms with E-state index in [-0.39, 0.29) is 23.8 Å². The summed E-state index contributed by atoms with van der Waals surface area (Å²) in [5.41, 5.74) is 1.00. The summed E-state index contributed by atoms with van der Waals surface area (Å²) in [7, 11) is -3.92. The minimum absolute atomic E-state index is 0.0484. The lowest BCUT2D eigenvalue weighted by Crippen LogP contribution is -2.40. The molecule has 6 nitrogen and oxygen atoms in total. The van der Waals surface area contributed by atoms with Crippen LogP contribution in [0, 0.1) is 0 Å². The highest BCUT2D eigenvalue weighted by Gasteiger charge is 2.43. The minimum Gasteiger partial charge on any atom is -0.480 e. The van der Waals surface area contributed by atoms with E-state index >= 15 is 0 Å². The molecule has 0 amide bonds. The SMILES string of the molecule is CC(C)c1ccc(S(=O)(=O)N2C[C@@H](O)C[C@H]2C(=O)O)cc1. The van der Waals surface area contributed by atoms with Crippen molar-refractivity contribution in [2.75, 3.05) is 6.54 Å². The van der Waals surface area contributed by atoms with Gasteiger partial charge >= 0.3 is 5.97 Å². The van der Waals surface area contributed by atoms with E-state index in [9.17, 15) is 18.3 Å². The van der Waals surface area contributed by atoms with Gasteiger partial charge in [-0.15, -0.1) is 0 Å². The number of hydrogen-bond acceptors (Lipinski definition) is 4. The fourth-order valence-electron chi connectivity index (χ4n) is 2.43. The van der Waals surface area contributed by atoms with Crippen LogP contribution in [0.3, 0.4) is 0 Å². The van der Waals surface area contributed by atoms with E-state index in [2.05, 4.69) is 0 Å². The Kier molecular flexibility index (Phi) is 4.36. The monoisotopic (exact) mass is 313 g/mol. The van der Waals surface area contributed by atoms with Gasteiger partial charge < -0.3 is 10.2 Å². The van der Waals surface area contributed by atoms with Crippen molar-refractivity contribution in [2.45, 2.75) is 43.2 Å². The number of nitrogens with zero attached hydrogens (tertiary/aromatic N) is 1. The van der Waals surface area contributed by atoms with Crippen LogP contribution in [0.1, 0.15) is 31.7 Å². The topological polar surface area (TPSA) is 94.9 Å². The van der Waals surface area contributed by atoms with E-state index in [1.165, 1.54) is 12.1 Å². The molecule has 0 aromatic heterocycles. The molecule has 0 aliphatic carbocycles. The number of carbonyl (C=O) groups is 1. The van der Waals surface area contributed by atoms with Crippen LogP contribution in [0.4, 0.5) is 0 Å². The zero-order valence-corrected chi connectivity index (χ0v) is 12.7. The predicted molar refractivity (Wildman–Crippen MR) is 76.5 cm³/mol. The Balaban J connectivity index is 2.35. The van der Waals surface area contributed by atoms with Crippen LogP contribution in [0.5, 0.6) is 0 Å². The Morgan fingerprint density at radius 2 is 1.86 bits per heavy atom. The van der Waals surface area contributed by atoms with Crippen LogP contribution in [0.2, 0.25) is 0 Å². The molecular weight excluding hydrogens is 294 g/mol. The van der Waals surface area contributed by atoms with Crippen molar-refractivity contribution in [2.24, 2.45) is 0 Å². The lowest BCUT2D eigenvalue weighted by atomic mass is 10.0. The molecule has 1 aliphatic heterocycles. The Labute approximate surface area is 124 Å². The molecule has 116 valence electrons. The number of benzene rings is 1. The summed E-state index contributed by atoms with van der Waals surface area (Å²) < 4.78 is 25.9. The molecule has 1 heterocycles. The van der Waals surface area contributed by atoms with Gasteiger partial charge in [-0.3, -0.25) is 4.79 Å². The molecule has 1 aromatic rings. The molecule has 2 atom stereocenters. The molecule has 1 fully saturated rings. The van der Waals surface area contributed by atoms with Gasteiger partial charge in [0.15, 0.2) is 0 Å². The van der Waals surface area contributed by atoms with E-state index in [0.29, 0.717) is 0 Å². The summed E-state index contributed by atoms with van der Waals surface area (Å²) in [6.07, 6.45) is -1.03. The van der Waals surface area contributed by atoms with Crippen molar-refractivity contribution in [1.29, 1.82) is 0 Å². The largest absolute Gasteiger partial charge is 0.480 e. The van der Waals surface area contributed by atoms with Gasteiger partial charge in [-0.05, 0) is 23.6 Å². The highest BCUT2D eigenvalue weighted by molar-refractivity contribution is 7.89. The maximum absolute atomic E-state index is 12.5. The van der Waals surface area contributed by atoms with Gasteiger partial charge in [-0.1, -0.05) is 26.0 Å². The van der Waals surface area contributed by atoms with Gasteiger partial charge in [0, 0.05) is 13.0 Å². The molecule has 0 saturated carbocycles. The number of aliphatic carboxylic acids is 1. The van der Waals surface area contributed by atoms with Crippen LogP contribution in [0.25, 0.3) is 0 Å². The molecule has 2 N–H and O–H groups in total. The Morgan fingerprint density at radius 3 is 2.33 bits per heavy atom. The standard InChI is InChI=1S/C14H19NO5S/c1-9(2)10-3-5-12(6-4-10)21(19,20)15-8-11(16)7-13(15)14(17)18/h3-6,9,11,13,16H,7-8H2,1-2H3,(H,17,18)/t11-,13-/m0/s1. The first-order valence-electron chi connectivity index (χ1n) is 6.76. The van der Waals surface area contributed by atoms with Gasteiger partial charge in [0.25, 0.3) is 0 Å². The number of sulfonamides is 1. The quantitative estimate of drug-likeness (QED) is 0.865. The Bertz CT molecular complexity index is 623. The van der Waals surface area contributed by atoms with Gasteiger partial charge in [0.2, 0.25) is 10.0 Å². The number of carboxylic acids is 1. The highest BCUT2D eigenvalue weighted by atomic mass is 32.2. The lowest BCUT2D eigenvalue weighted by molar-refractivity contribution is -0.140. The van der Waals surface area contributed by atoms with Crippen molar-refractivity contribution in [3.8, 4) is 0 Å². The first kappa shape index (κ1) is 15.9. The molecular formula is C14H19NO5S. The zero-order valence-electron chi connectivity index (χ0n) is 11.9. The predicted octanol–water partition coefficient (Wildman–Crippen LogP) is 1.02. The van der Waals surface area contributed by atoms with Crippen molar-refractivity contribution in [3.05, 3.63) is 29.8 Å². The third-order valence-corrected chi connectivity index (χ3v) is 5.56. The summed E-state index contributed by atoms with van der Waals surface area (Å²) in [6, 6.07) is 5.19. The maximum Gasteiger partial charge on any atom is 0.322 e. The average molecular weight is 313 g/mol. The van der Waals surface area contributed by atoms with E-state index in [1.807, 2.05) is 13.8 Å². The van der Waals surface area contributed by atoms with E-state index < -0.39 is 28.1 Å².